The zero-order valence-corrected chi connectivity index (χ0v) is 28.7. The van der Waals surface area contributed by atoms with Gasteiger partial charge in [-0.1, -0.05) is 48.5 Å². The van der Waals surface area contributed by atoms with Crippen LogP contribution >= 0.6 is 0 Å². The van der Waals surface area contributed by atoms with E-state index in [1.807, 2.05) is 12.1 Å². The molecule has 8 bridgehead atoms. The summed E-state index contributed by atoms with van der Waals surface area (Å²) in [5.74, 6) is 0. The Morgan fingerprint density at radius 3 is 1.54 bits per heavy atom. The first-order valence-electron chi connectivity index (χ1n) is 16.5. The Labute approximate surface area is 280 Å². The van der Waals surface area contributed by atoms with Crippen LogP contribution in [-0.2, 0) is 0 Å². The van der Waals surface area contributed by atoms with Gasteiger partial charge in [-0.25, -0.2) is 9.97 Å². The third-order valence-electron chi connectivity index (χ3n) is 11.0. The van der Waals surface area contributed by atoms with Crippen molar-refractivity contribution in [2.75, 3.05) is 0 Å². The number of nitrogens with one attached hydrogen (secondary N) is 2. The Balaban J connectivity index is 1.67. The van der Waals surface area contributed by atoms with Crippen molar-refractivity contribution in [3.8, 4) is 17.2 Å². The van der Waals surface area contributed by atoms with Crippen LogP contribution in [0, 0.1) is 39.0 Å². The molecule has 8 rings (SSSR count). The van der Waals surface area contributed by atoms with Crippen LogP contribution in [0.25, 0.3) is 77.0 Å². The van der Waals surface area contributed by atoms with Crippen LogP contribution in [0.4, 0.5) is 0 Å². The molecule has 3 aromatic carbocycles. The molecule has 3 aromatic heterocycles. The van der Waals surface area contributed by atoms with Gasteiger partial charge < -0.3 is 9.97 Å². The number of aromatic amines is 2. The van der Waals surface area contributed by atoms with Crippen molar-refractivity contribution in [1.29, 1.82) is 5.26 Å². The maximum Gasteiger partial charge on any atom is 0.100 e. The number of allylic oxidation sites excluding steroid dienone is 4. The predicted molar refractivity (Wildman–Crippen MR) is 201 cm³/mol. The molecule has 2 aliphatic heterocycles. The normalized spacial score (nSPS) is 13.2. The zero-order chi connectivity index (χ0) is 33.6. The lowest BCUT2D eigenvalue weighted by atomic mass is 9.86. The number of aryl methyl sites for hydroxylation is 4. The van der Waals surface area contributed by atoms with Crippen molar-refractivity contribution in [1.82, 2.24) is 19.9 Å². The summed E-state index contributed by atoms with van der Waals surface area (Å²) in [5, 5.41) is 15.1. The zero-order valence-electron chi connectivity index (χ0n) is 28.7. The van der Waals surface area contributed by atoms with E-state index in [9.17, 15) is 5.26 Å². The number of fused-ring (bicyclic) bond motifs is 11. The number of hydrogen-bond donors (Lipinski definition) is 2. The molecule has 234 valence electrons. The van der Waals surface area contributed by atoms with Gasteiger partial charge >= 0.3 is 0 Å². The van der Waals surface area contributed by atoms with Gasteiger partial charge in [-0.05, 0) is 134 Å². The van der Waals surface area contributed by atoms with Crippen molar-refractivity contribution < 1.29 is 0 Å². The van der Waals surface area contributed by atoms with E-state index in [2.05, 4.69) is 126 Å². The SMILES string of the molecule is CC1=C(C)c2cc3[nH]c(c(C)c3C)c(-c3c(C#N)c4ccccc4c4ccccc34)c3nc(cc4[nH]c(cc1n2)c(C)c4C)C(C)=C3C. The quantitative estimate of drug-likeness (QED) is 0.179. The smallest absolute Gasteiger partial charge is 0.100 e. The molecule has 0 atom stereocenters. The van der Waals surface area contributed by atoms with E-state index >= 15 is 0 Å². The molecule has 0 spiro atoms. The molecule has 0 saturated heterocycles. The van der Waals surface area contributed by atoms with Crippen LogP contribution < -0.4 is 0 Å². The summed E-state index contributed by atoms with van der Waals surface area (Å²) in [6, 6.07) is 25.9. The molecule has 5 heteroatoms. The fourth-order valence-corrected chi connectivity index (χ4v) is 7.42. The highest BCUT2D eigenvalue weighted by atomic mass is 14.8. The molecule has 0 radical (unpaired) electrons. The largest absolute Gasteiger partial charge is 0.355 e. The molecule has 5 heterocycles. The van der Waals surface area contributed by atoms with E-state index in [0.717, 1.165) is 105 Å². The van der Waals surface area contributed by atoms with Crippen LogP contribution in [0.2, 0.25) is 0 Å². The standard InChI is InChI=1S/C43H37N5/c1-21-23(3)36-18-38-25(5)27(7)42(47-38)41(40-32-16-12-11-14-30(32)29-13-9-10-15-31(29)33(40)20-44)43-28(8)26(6)39(48-43)19-37-24(4)22(2)35(46-37)17-34(21)45-36/h9-19,45,48H,1-8H3. The monoisotopic (exact) mass is 623 g/mol. The second kappa shape index (κ2) is 10.7. The molecule has 0 saturated carbocycles. The lowest BCUT2D eigenvalue weighted by molar-refractivity contribution is 1.29. The number of aromatic nitrogens is 4. The Morgan fingerprint density at radius 2 is 0.958 bits per heavy atom. The van der Waals surface area contributed by atoms with Crippen LogP contribution in [0.1, 0.15) is 78.3 Å². The van der Waals surface area contributed by atoms with Gasteiger partial charge in [-0.15, -0.1) is 0 Å². The Hall–Kier alpha value is -5.73. The van der Waals surface area contributed by atoms with Gasteiger partial charge in [-0.2, -0.15) is 5.26 Å². The molecule has 0 aliphatic carbocycles. The number of nitriles is 1. The van der Waals surface area contributed by atoms with Crippen molar-refractivity contribution >= 4 is 65.9 Å². The fourth-order valence-electron chi connectivity index (χ4n) is 7.42. The molecule has 5 nitrogen and oxygen atoms in total. The number of hydrogen-bond acceptors (Lipinski definition) is 3. The summed E-state index contributed by atoms with van der Waals surface area (Å²) in [6.45, 7) is 17.3. The van der Waals surface area contributed by atoms with E-state index in [1.165, 1.54) is 16.7 Å². The van der Waals surface area contributed by atoms with E-state index in [0.29, 0.717) is 5.56 Å². The fraction of sp³-hybridized carbons (Fsp3) is 0.186. The minimum Gasteiger partial charge on any atom is -0.355 e. The molecule has 0 amide bonds. The maximum atomic E-state index is 10.9. The number of H-pyrrole nitrogens is 2. The van der Waals surface area contributed by atoms with Crippen LogP contribution in [0.5, 0.6) is 0 Å². The van der Waals surface area contributed by atoms with E-state index < -0.39 is 0 Å². The molecule has 2 N–H and O–H groups in total. The second-order valence-electron chi connectivity index (χ2n) is 13.4. The van der Waals surface area contributed by atoms with Crippen molar-refractivity contribution in [2.45, 2.75) is 55.4 Å². The molecule has 2 aliphatic rings. The molecule has 0 unspecified atom stereocenters. The van der Waals surface area contributed by atoms with Crippen LogP contribution in [0.3, 0.4) is 0 Å². The van der Waals surface area contributed by atoms with Gasteiger partial charge in [0.2, 0.25) is 0 Å². The third-order valence-corrected chi connectivity index (χ3v) is 11.0. The predicted octanol–water partition coefficient (Wildman–Crippen LogP) is 11.3. The van der Waals surface area contributed by atoms with Gasteiger partial charge in [0.1, 0.15) is 6.07 Å². The molecule has 0 fully saturated rings. The Kier molecular flexibility index (Phi) is 6.58. The van der Waals surface area contributed by atoms with Crippen LogP contribution in [0.15, 0.2) is 66.7 Å². The van der Waals surface area contributed by atoms with Gasteiger partial charge in [0.15, 0.2) is 0 Å². The highest BCUT2D eigenvalue weighted by Crippen LogP contribution is 2.45. The third kappa shape index (κ3) is 4.15. The number of nitrogens with zero attached hydrogens (tertiary/aromatic N) is 3. The first-order valence-corrected chi connectivity index (χ1v) is 16.5. The summed E-state index contributed by atoms with van der Waals surface area (Å²) < 4.78 is 0. The average molecular weight is 624 g/mol. The average Bonchev–Trinajstić information content (AvgIpc) is 3.72. The minimum absolute atomic E-state index is 0.654. The van der Waals surface area contributed by atoms with Gasteiger partial charge in [0, 0.05) is 33.1 Å². The molecular formula is C43H37N5. The summed E-state index contributed by atoms with van der Waals surface area (Å²) in [7, 11) is 0. The van der Waals surface area contributed by atoms with E-state index in [4.69, 9.17) is 9.97 Å². The summed E-state index contributed by atoms with van der Waals surface area (Å²) in [5.41, 5.74) is 19.5. The maximum absolute atomic E-state index is 10.9. The molecule has 6 aromatic rings. The van der Waals surface area contributed by atoms with Crippen LogP contribution in [-0.4, -0.2) is 19.9 Å². The van der Waals surface area contributed by atoms with Crippen molar-refractivity contribution in [2.24, 2.45) is 0 Å². The van der Waals surface area contributed by atoms with E-state index in [1.54, 1.807) is 0 Å². The minimum atomic E-state index is 0.654. The second-order valence-corrected chi connectivity index (χ2v) is 13.4. The Bertz CT molecular complexity index is 2700. The van der Waals surface area contributed by atoms with E-state index in [-0.39, 0.29) is 0 Å². The molecular weight excluding hydrogens is 587 g/mol. The summed E-state index contributed by atoms with van der Waals surface area (Å²) in [4.78, 5) is 18.1. The number of rotatable bonds is 1. The van der Waals surface area contributed by atoms with Gasteiger partial charge in [-0.3, -0.25) is 0 Å². The lowest BCUT2D eigenvalue weighted by Gasteiger charge is -2.16. The first-order chi connectivity index (χ1) is 23.1. The first kappa shape index (κ1) is 29.7. The summed E-state index contributed by atoms with van der Waals surface area (Å²) >= 11 is 0. The van der Waals surface area contributed by atoms with Crippen molar-refractivity contribution in [3.05, 3.63) is 117 Å². The Morgan fingerprint density at radius 1 is 0.500 bits per heavy atom. The van der Waals surface area contributed by atoms with Gasteiger partial charge in [0.25, 0.3) is 0 Å². The summed E-state index contributed by atoms with van der Waals surface area (Å²) in [6.07, 6.45) is 0. The topological polar surface area (TPSA) is 81.1 Å². The highest BCUT2D eigenvalue weighted by molar-refractivity contribution is 6.19. The lowest BCUT2D eigenvalue weighted by Crippen LogP contribution is -1.96. The highest BCUT2D eigenvalue weighted by Gasteiger charge is 2.26. The number of benzene rings is 3. The van der Waals surface area contributed by atoms with Gasteiger partial charge in [0.05, 0.1) is 33.9 Å². The molecule has 48 heavy (non-hydrogen) atoms. The van der Waals surface area contributed by atoms with Crippen molar-refractivity contribution in [3.63, 3.8) is 0 Å².